The van der Waals surface area contributed by atoms with Gasteiger partial charge in [-0.3, -0.25) is 9.59 Å². The average molecular weight is 305 g/mol. The minimum absolute atomic E-state index is 0.0570. The maximum absolute atomic E-state index is 12.5. The highest BCUT2D eigenvalue weighted by Crippen LogP contribution is 2.21. The molecular formula is C17H23NO4. The Labute approximate surface area is 130 Å². The molecule has 1 atom stereocenters. The van der Waals surface area contributed by atoms with Gasteiger partial charge in [-0.15, -0.1) is 0 Å². The van der Waals surface area contributed by atoms with E-state index in [0.29, 0.717) is 37.2 Å². The maximum atomic E-state index is 12.5. The van der Waals surface area contributed by atoms with Crippen LogP contribution in [0.1, 0.15) is 43.5 Å². The fraction of sp³-hybridized carbons (Fsp3) is 0.529. The van der Waals surface area contributed by atoms with Crippen LogP contribution in [0.15, 0.2) is 24.3 Å². The van der Waals surface area contributed by atoms with E-state index in [-0.39, 0.29) is 17.9 Å². The third-order valence-corrected chi connectivity index (χ3v) is 4.12. The van der Waals surface area contributed by atoms with Gasteiger partial charge in [-0.2, -0.15) is 0 Å². The van der Waals surface area contributed by atoms with E-state index in [0.717, 1.165) is 6.42 Å². The molecule has 1 saturated heterocycles. The zero-order valence-corrected chi connectivity index (χ0v) is 13.1. The molecular weight excluding hydrogens is 282 g/mol. The summed E-state index contributed by atoms with van der Waals surface area (Å²) in [7, 11) is 0. The molecule has 1 amide bonds. The van der Waals surface area contributed by atoms with Crippen LogP contribution in [0.5, 0.6) is 5.75 Å². The molecule has 2 rings (SSSR count). The Morgan fingerprint density at radius 3 is 2.64 bits per heavy atom. The number of benzene rings is 1. The highest BCUT2D eigenvalue weighted by atomic mass is 16.5. The number of ether oxygens (including phenoxy) is 1. The SMILES string of the molecule is CCC(C)Oc1cccc(C(=O)N2CCC(C(=O)O)CC2)c1. The van der Waals surface area contributed by atoms with Crippen LogP contribution in [0.3, 0.4) is 0 Å². The normalized spacial score (nSPS) is 17.1. The number of rotatable bonds is 5. The lowest BCUT2D eigenvalue weighted by molar-refractivity contribution is -0.143. The molecule has 1 fully saturated rings. The third kappa shape index (κ3) is 4.00. The van der Waals surface area contributed by atoms with E-state index in [1.165, 1.54) is 0 Å². The third-order valence-electron chi connectivity index (χ3n) is 4.12. The summed E-state index contributed by atoms with van der Waals surface area (Å²) < 4.78 is 5.74. The van der Waals surface area contributed by atoms with Crippen molar-refractivity contribution >= 4 is 11.9 Å². The number of hydrogen-bond donors (Lipinski definition) is 1. The van der Waals surface area contributed by atoms with E-state index in [4.69, 9.17) is 9.84 Å². The predicted molar refractivity (Wildman–Crippen MR) is 83.1 cm³/mol. The van der Waals surface area contributed by atoms with Gasteiger partial charge in [0.05, 0.1) is 12.0 Å². The summed E-state index contributed by atoms with van der Waals surface area (Å²) in [6.07, 6.45) is 2.05. The number of carboxylic acid groups (broad SMARTS) is 1. The van der Waals surface area contributed by atoms with E-state index in [2.05, 4.69) is 0 Å². The van der Waals surface area contributed by atoms with E-state index in [1.807, 2.05) is 26.0 Å². The van der Waals surface area contributed by atoms with Crippen molar-refractivity contribution in [3.05, 3.63) is 29.8 Å². The molecule has 1 aliphatic rings. The Morgan fingerprint density at radius 1 is 1.36 bits per heavy atom. The van der Waals surface area contributed by atoms with Crippen molar-refractivity contribution < 1.29 is 19.4 Å². The Hall–Kier alpha value is -2.04. The van der Waals surface area contributed by atoms with Gasteiger partial charge in [-0.1, -0.05) is 13.0 Å². The molecule has 0 bridgehead atoms. The summed E-state index contributed by atoms with van der Waals surface area (Å²) in [4.78, 5) is 25.2. The summed E-state index contributed by atoms with van der Waals surface area (Å²) in [5, 5.41) is 9.00. The van der Waals surface area contributed by atoms with Crippen LogP contribution in [0, 0.1) is 5.92 Å². The smallest absolute Gasteiger partial charge is 0.306 e. The number of piperidine rings is 1. The molecule has 0 aromatic heterocycles. The molecule has 22 heavy (non-hydrogen) atoms. The zero-order valence-electron chi connectivity index (χ0n) is 13.1. The molecule has 1 N–H and O–H groups in total. The lowest BCUT2D eigenvalue weighted by Gasteiger charge is -2.30. The summed E-state index contributed by atoms with van der Waals surface area (Å²) in [5.41, 5.74) is 0.592. The number of likely N-dealkylation sites (tertiary alicyclic amines) is 1. The standard InChI is InChI=1S/C17H23NO4/c1-3-12(2)22-15-6-4-5-14(11-15)16(19)18-9-7-13(8-10-18)17(20)21/h4-6,11-13H,3,7-10H2,1-2H3,(H,20,21). The molecule has 0 spiro atoms. The minimum atomic E-state index is -0.768. The van der Waals surface area contributed by atoms with Gasteiger partial charge in [-0.25, -0.2) is 0 Å². The number of nitrogens with zero attached hydrogens (tertiary/aromatic N) is 1. The molecule has 1 aliphatic heterocycles. The first-order valence-corrected chi connectivity index (χ1v) is 7.80. The molecule has 1 aromatic carbocycles. The molecule has 1 heterocycles. The van der Waals surface area contributed by atoms with Crippen LogP contribution >= 0.6 is 0 Å². The van der Waals surface area contributed by atoms with Gasteiger partial charge in [-0.05, 0) is 44.4 Å². The number of hydrogen-bond acceptors (Lipinski definition) is 3. The van der Waals surface area contributed by atoms with Gasteiger partial charge >= 0.3 is 5.97 Å². The van der Waals surface area contributed by atoms with Gasteiger partial charge in [0.2, 0.25) is 0 Å². The predicted octanol–water partition coefficient (Wildman–Crippen LogP) is 2.80. The molecule has 0 saturated carbocycles. The number of carbonyl (C=O) groups excluding carboxylic acids is 1. The van der Waals surface area contributed by atoms with Crippen molar-refractivity contribution in [2.45, 2.75) is 39.2 Å². The Balaban J connectivity index is 2.01. The van der Waals surface area contributed by atoms with Crippen molar-refractivity contribution in [1.82, 2.24) is 4.90 Å². The van der Waals surface area contributed by atoms with Crippen LogP contribution < -0.4 is 4.74 Å². The molecule has 1 aromatic rings. The fourth-order valence-electron chi connectivity index (χ4n) is 2.53. The van der Waals surface area contributed by atoms with E-state index in [1.54, 1.807) is 17.0 Å². The Morgan fingerprint density at radius 2 is 2.05 bits per heavy atom. The van der Waals surface area contributed by atoms with Gasteiger partial charge in [0.15, 0.2) is 0 Å². The topological polar surface area (TPSA) is 66.8 Å². The van der Waals surface area contributed by atoms with Gasteiger partial charge in [0.25, 0.3) is 5.91 Å². The highest BCUT2D eigenvalue weighted by Gasteiger charge is 2.27. The van der Waals surface area contributed by atoms with Crippen LogP contribution in [-0.4, -0.2) is 41.1 Å². The molecule has 5 heteroatoms. The second-order valence-electron chi connectivity index (χ2n) is 5.77. The maximum Gasteiger partial charge on any atom is 0.306 e. The van der Waals surface area contributed by atoms with Gasteiger partial charge in [0, 0.05) is 18.7 Å². The van der Waals surface area contributed by atoms with Crippen LogP contribution in [0.2, 0.25) is 0 Å². The molecule has 0 radical (unpaired) electrons. The van der Waals surface area contributed by atoms with Crippen LogP contribution in [-0.2, 0) is 4.79 Å². The lowest BCUT2D eigenvalue weighted by atomic mass is 9.96. The zero-order chi connectivity index (χ0) is 16.1. The fourth-order valence-corrected chi connectivity index (χ4v) is 2.53. The molecule has 5 nitrogen and oxygen atoms in total. The first-order valence-electron chi connectivity index (χ1n) is 7.80. The number of carboxylic acids is 1. The van der Waals surface area contributed by atoms with E-state index >= 15 is 0 Å². The molecule has 120 valence electrons. The van der Waals surface area contributed by atoms with Crippen LogP contribution in [0.4, 0.5) is 0 Å². The largest absolute Gasteiger partial charge is 0.491 e. The second-order valence-corrected chi connectivity index (χ2v) is 5.77. The van der Waals surface area contributed by atoms with Crippen molar-refractivity contribution in [1.29, 1.82) is 0 Å². The van der Waals surface area contributed by atoms with Gasteiger partial charge in [0.1, 0.15) is 5.75 Å². The van der Waals surface area contributed by atoms with E-state index in [9.17, 15) is 9.59 Å². The first kappa shape index (κ1) is 16.3. The van der Waals surface area contributed by atoms with Crippen molar-refractivity contribution in [3.8, 4) is 5.75 Å². The van der Waals surface area contributed by atoms with Crippen molar-refractivity contribution in [2.24, 2.45) is 5.92 Å². The van der Waals surface area contributed by atoms with Crippen molar-refractivity contribution in [2.75, 3.05) is 13.1 Å². The quantitative estimate of drug-likeness (QED) is 0.908. The summed E-state index contributed by atoms with van der Waals surface area (Å²) >= 11 is 0. The monoisotopic (exact) mass is 305 g/mol. The first-order chi connectivity index (χ1) is 10.5. The number of carbonyl (C=O) groups is 2. The van der Waals surface area contributed by atoms with Gasteiger partial charge < -0.3 is 14.7 Å². The minimum Gasteiger partial charge on any atom is -0.491 e. The molecule has 0 aliphatic carbocycles. The second kappa shape index (κ2) is 7.29. The summed E-state index contributed by atoms with van der Waals surface area (Å²) in [6, 6.07) is 7.20. The van der Waals surface area contributed by atoms with E-state index < -0.39 is 5.97 Å². The Bertz CT molecular complexity index is 535. The summed E-state index contributed by atoms with van der Waals surface area (Å²) in [6.45, 7) is 5.02. The highest BCUT2D eigenvalue weighted by molar-refractivity contribution is 5.94. The number of aliphatic carboxylic acids is 1. The average Bonchev–Trinajstić information content (AvgIpc) is 2.54. The van der Waals surface area contributed by atoms with Crippen LogP contribution in [0.25, 0.3) is 0 Å². The summed E-state index contributed by atoms with van der Waals surface area (Å²) in [5.74, 6) is -0.459. The lowest BCUT2D eigenvalue weighted by Crippen LogP contribution is -2.40. The number of amides is 1. The van der Waals surface area contributed by atoms with Crippen molar-refractivity contribution in [3.63, 3.8) is 0 Å². The molecule has 1 unspecified atom stereocenters. The Kier molecular flexibility index (Phi) is 5.41.